The van der Waals surface area contributed by atoms with Gasteiger partial charge < -0.3 is 10.4 Å². The first-order valence-corrected chi connectivity index (χ1v) is 7.70. The highest BCUT2D eigenvalue weighted by atomic mass is 35.5. The summed E-state index contributed by atoms with van der Waals surface area (Å²) in [5.41, 5.74) is -0.0202. The normalized spacial score (nSPS) is 19.4. The first-order chi connectivity index (χ1) is 10.8. The number of rotatable bonds is 3. The van der Waals surface area contributed by atoms with Crippen molar-refractivity contribution in [3.63, 3.8) is 0 Å². The van der Waals surface area contributed by atoms with Gasteiger partial charge in [-0.3, -0.25) is 9.59 Å². The molecule has 2 aromatic rings. The van der Waals surface area contributed by atoms with Gasteiger partial charge in [-0.25, -0.2) is 0 Å². The van der Waals surface area contributed by atoms with Crippen LogP contribution in [0.5, 0.6) is 0 Å². The van der Waals surface area contributed by atoms with Crippen LogP contribution in [0.25, 0.3) is 0 Å². The Hall–Kier alpha value is -1.88. The second-order valence-electron chi connectivity index (χ2n) is 5.59. The van der Waals surface area contributed by atoms with Gasteiger partial charge in [-0.05, 0) is 19.1 Å². The van der Waals surface area contributed by atoms with Crippen LogP contribution in [0.4, 0.5) is 5.69 Å². The number of hydrogen-bond acceptors (Lipinski definition) is 3. The van der Waals surface area contributed by atoms with Gasteiger partial charge in [0.25, 0.3) is 5.91 Å². The molecule has 118 valence electrons. The number of halogens is 2. The fourth-order valence-electron chi connectivity index (χ4n) is 2.62. The highest BCUT2D eigenvalue weighted by Crippen LogP contribution is 2.44. The summed E-state index contributed by atoms with van der Waals surface area (Å²) in [6.07, 6.45) is -0.383. The Morgan fingerprint density at radius 3 is 2.52 bits per heavy atom. The van der Waals surface area contributed by atoms with E-state index in [1.165, 1.54) is 12.1 Å². The van der Waals surface area contributed by atoms with Crippen molar-refractivity contribution in [2.75, 3.05) is 5.32 Å². The van der Waals surface area contributed by atoms with E-state index in [0.717, 1.165) is 5.56 Å². The Morgan fingerprint density at radius 1 is 1.22 bits per heavy atom. The third-order valence-electron chi connectivity index (χ3n) is 3.90. The van der Waals surface area contributed by atoms with Gasteiger partial charge in [-0.2, -0.15) is 0 Å². The van der Waals surface area contributed by atoms with Gasteiger partial charge >= 0.3 is 0 Å². The van der Waals surface area contributed by atoms with Gasteiger partial charge in [0.1, 0.15) is 0 Å². The van der Waals surface area contributed by atoms with Crippen molar-refractivity contribution in [2.45, 2.75) is 18.9 Å². The third kappa shape index (κ3) is 2.74. The Bertz CT molecular complexity index is 817. The van der Waals surface area contributed by atoms with Crippen LogP contribution in [0.3, 0.4) is 0 Å². The molecule has 3 rings (SSSR count). The van der Waals surface area contributed by atoms with E-state index < -0.39 is 11.5 Å². The number of hydrogen-bond donors (Lipinski definition) is 2. The summed E-state index contributed by atoms with van der Waals surface area (Å²) in [5, 5.41) is 13.8. The molecule has 4 nitrogen and oxygen atoms in total. The quantitative estimate of drug-likeness (QED) is 0.830. The van der Waals surface area contributed by atoms with Crippen LogP contribution in [-0.4, -0.2) is 16.8 Å². The van der Waals surface area contributed by atoms with Crippen LogP contribution in [-0.2, 0) is 10.4 Å². The van der Waals surface area contributed by atoms with Gasteiger partial charge in [0, 0.05) is 16.1 Å². The molecule has 0 saturated carbocycles. The zero-order valence-corrected chi connectivity index (χ0v) is 13.7. The van der Waals surface area contributed by atoms with E-state index in [-0.39, 0.29) is 27.8 Å². The molecule has 23 heavy (non-hydrogen) atoms. The molecule has 1 atom stereocenters. The fraction of sp³-hybridized carbons (Fsp3) is 0.176. The Balaban J connectivity index is 1.98. The molecular weight excluding hydrogens is 337 g/mol. The van der Waals surface area contributed by atoms with Crippen molar-refractivity contribution in [3.8, 4) is 0 Å². The summed E-state index contributed by atoms with van der Waals surface area (Å²) in [5.74, 6) is -1.02. The van der Waals surface area contributed by atoms with E-state index in [1.807, 2.05) is 6.92 Å². The maximum Gasteiger partial charge on any atom is 0.261 e. The maximum atomic E-state index is 12.4. The van der Waals surface area contributed by atoms with Crippen LogP contribution >= 0.6 is 23.2 Å². The Kier molecular flexibility index (Phi) is 3.92. The topological polar surface area (TPSA) is 66.4 Å². The molecule has 1 aliphatic rings. The minimum Gasteiger partial charge on any atom is -0.375 e. The fourth-order valence-corrected chi connectivity index (χ4v) is 3.16. The predicted octanol–water partition coefficient (Wildman–Crippen LogP) is 3.71. The monoisotopic (exact) mass is 349 g/mol. The largest absolute Gasteiger partial charge is 0.375 e. The Labute approximate surface area is 143 Å². The van der Waals surface area contributed by atoms with Gasteiger partial charge in [0.2, 0.25) is 0 Å². The van der Waals surface area contributed by atoms with Crippen LogP contribution in [0.2, 0.25) is 10.0 Å². The first kappa shape index (κ1) is 16.0. The lowest BCUT2D eigenvalue weighted by atomic mass is 9.88. The van der Waals surface area contributed by atoms with E-state index in [0.29, 0.717) is 11.3 Å². The first-order valence-electron chi connectivity index (χ1n) is 6.94. The summed E-state index contributed by atoms with van der Waals surface area (Å²) < 4.78 is 0. The zero-order valence-electron chi connectivity index (χ0n) is 12.2. The second-order valence-corrected chi connectivity index (χ2v) is 6.43. The van der Waals surface area contributed by atoms with Crippen molar-refractivity contribution in [1.82, 2.24) is 0 Å². The van der Waals surface area contributed by atoms with Gasteiger partial charge in [-0.15, -0.1) is 0 Å². The van der Waals surface area contributed by atoms with E-state index in [9.17, 15) is 14.7 Å². The molecule has 2 N–H and O–H groups in total. The molecule has 0 aliphatic carbocycles. The number of Topliss-reactive ketones (excluding diaryl/α,β-unsaturated/α-hetero) is 1. The smallest absolute Gasteiger partial charge is 0.261 e. The molecule has 0 fully saturated rings. The highest BCUT2D eigenvalue weighted by Gasteiger charge is 2.47. The number of aryl methyl sites for hydroxylation is 1. The van der Waals surface area contributed by atoms with E-state index in [2.05, 4.69) is 5.32 Å². The van der Waals surface area contributed by atoms with Crippen LogP contribution in [0, 0.1) is 6.92 Å². The summed E-state index contributed by atoms with van der Waals surface area (Å²) >= 11 is 12.0. The molecule has 0 aromatic heterocycles. The average Bonchev–Trinajstić information content (AvgIpc) is 2.73. The van der Waals surface area contributed by atoms with Crippen molar-refractivity contribution in [1.29, 1.82) is 0 Å². The SMILES string of the molecule is Cc1ccc(C(=O)C[C@@]2(O)C(=O)Nc3c(Cl)cc(Cl)cc32)cc1. The van der Waals surface area contributed by atoms with Gasteiger partial charge in [0.05, 0.1) is 17.1 Å². The lowest BCUT2D eigenvalue weighted by Gasteiger charge is -2.20. The molecule has 1 aliphatic heterocycles. The molecule has 1 amide bonds. The van der Waals surface area contributed by atoms with Crippen molar-refractivity contribution >= 4 is 40.6 Å². The molecule has 0 unspecified atom stereocenters. The maximum absolute atomic E-state index is 12.4. The number of anilines is 1. The summed E-state index contributed by atoms with van der Waals surface area (Å²) in [4.78, 5) is 24.7. The number of fused-ring (bicyclic) bond motifs is 1. The number of ketones is 1. The molecule has 0 radical (unpaired) electrons. The van der Waals surface area contributed by atoms with Crippen LogP contribution < -0.4 is 5.32 Å². The molecular formula is C17H13Cl2NO3. The predicted molar refractivity (Wildman–Crippen MR) is 89.1 cm³/mol. The minimum absolute atomic E-state index is 0.222. The minimum atomic E-state index is -1.98. The molecule has 0 bridgehead atoms. The number of carbonyl (C=O) groups excluding carboxylic acids is 2. The van der Waals surface area contributed by atoms with E-state index in [4.69, 9.17) is 23.2 Å². The molecule has 1 heterocycles. The Morgan fingerprint density at radius 2 is 1.87 bits per heavy atom. The number of amides is 1. The average molecular weight is 350 g/mol. The lowest BCUT2D eigenvalue weighted by Crippen LogP contribution is -2.36. The number of aliphatic hydroxyl groups is 1. The zero-order chi connectivity index (χ0) is 16.8. The second kappa shape index (κ2) is 5.64. The summed E-state index contributed by atoms with van der Waals surface area (Å²) in [6, 6.07) is 9.85. The standard InChI is InChI=1S/C17H13Cl2NO3/c1-9-2-4-10(5-3-9)14(21)8-17(23)12-6-11(18)7-13(19)15(12)20-16(17)22/h2-7,23H,8H2,1H3,(H,20,22)/t17-/m0/s1. The number of carbonyl (C=O) groups is 2. The summed E-state index contributed by atoms with van der Waals surface area (Å²) in [6.45, 7) is 1.91. The summed E-state index contributed by atoms with van der Waals surface area (Å²) in [7, 11) is 0. The van der Waals surface area contributed by atoms with Gasteiger partial charge in [0.15, 0.2) is 11.4 Å². The molecule has 0 spiro atoms. The molecule has 6 heteroatoms. The third-order valence-corrected chi connectivity index (χ3v) is 4.42. The highest BCUT2D eigenvalue weighted by molar-refractivity contribution is 6.37. The van der Waals surface area contributed by atoms with Crippen molar-refractivity contribution in [3.05, 3.63) is 63.1 Å². The number of benzene rings is 2. The lowest BCUT2D eigenvalue weighted by molar-refractivity contribution is -0.133. The van der Waals surface area contributed by atoms with Crippen molar-refractivity contribution in [2.24, 2.45) is 0 Å². The van der Waals surface area contributed by atoms with Crippen LogP contribution in [0.15, 0.2) is 36.4 Å². The number of nitrogens with one attached hydrogen (secondary N) is 1. The van der Waals surface area contributed by atoms with E-state index in [1.54, 1.807) is 24.3 Å². The van der Waals surface area contributed by atoms with E-state index >= 15 is 0 Å². The van der Waals surface area contributed by atoms with Gasteiger partial charge in [-0.1, -0.05) is 53.0 Å². The van der Waals surface area contributed by atoms with Crippen molar-refractivity contribution < 1.29 is 14.7 Å². The molecule has 0 saturated heterocycles. The van der Waals surface area contributed by atoms with Crippen LogP contribution in [0.1, 0.15) is 27.9 Å². The molecule has 2 aromatic carbocycles.